The average molecular weight is 230 g/mol. The zero-order valence-corrected chi connectivity index (χ0v) is 8.47. The van der Waals surface area contributed by atoms with Crippen LogP contribution in [0.15, 0.2) is 12.2 Å². The molecule has 0 bridgehead atoms. The largest absolute Gasteiger partial charge is 0.285 e. The van der Waals surface area contributed by atoms with E-state index in [1.54, 1.807) is 0 Å². The van der Waals surface area contributed by atoms with Crippen LogP contribution in [0.25, 0.3) is 0 Å². The van der Waals surface area contributed by atoms with Crippen molar-refractivity contribution in [2.75, 3.05) is 5.75 Å². The van der Waals surface area contributed by atoms with Crippen molar-refractivity contribution in [2.24, 2.45) is 0 Å². The monoisotopic (exact) mass is 230 g/mol. The first-order valence-electron chi connectivity index (χ1n) is 3.11. The maximum atomic E-state index is 10.6. The van der Waals surface area contributed by atoms with Crippen molar-refractivity contribution in [2.45, 2.75) is 12.2 Å². The van der Waals surface area contributed by atoms with Gasteiger partial charge in [0.2, 0.25) is 0 Å². The van der Waals surface area contributed by atoms with Crippen LogP contribution in [0, 0.1) is 0 Å². The van der Waals surface area contributed by atoms with Gasteiger partial charge in [0.1, 0.15) is 5.25 Å². The number of rotatable bonds is 4. The summed E-state index contributed by atoms with van der Waals surface area (Å²) in [5, 5.41) is -1.68. The van der Waals surface area contributed by atoms with Crippen LogP contribution >= 0.6 is 0 Å². The fourth-order valence-electron chi connectivity index (χ4n) is 0.674. The second kappa shape index (κ2) is 3.74. The molecule has 8 heteroatoms. The Morgan fingerprint density at radius 3 is 1.77 bits per heavy atom. The molecular formula is C5H10O6S2. The van der Waals surface area contributed by atoms with Crippen LogP contribution in [0.4, 0.5) is 0 Å². The zero-order chi connectivity index (χ0) is 10.9. The molecule has 0 aromatic heterocycles. The van der Waals surface area contributed by atoms with Crippen LogP contribution in [-0.4, -0.2) is 36.9 Å². The molecule has 0 saturated heterocycles. The summed E-state index contributed by atoms with van der Waals surface area (Å²) in [6, 6.07) is 0. The molecule has 0 fully saturated rings. The summed E-state index contributed by atoms with van der Waals surface area (Å²) in [5.74, 6) is -1.08. The predicted octanol–water partition coefficient (Wildman–Crippen LogP) is -0.293. The van der Waals surface area contributed by atoms with Gasteiger partial charge in [0, 0.05) is 0 Å². The minimum Gasteiger partial charge on any atom is -0.285 e. The number of hydrogen-bond donors (Lipinski definition) is 2. The third-order valence-corrected chi connectivity index (χ3v) is 3.52. The Morgan fingerprint density at radius 1 is 1.31 bits per heavy atom. The fourth-order valence-corrected chi connectivity index (χ4v) is 3.05. The van der Waals surface area contributed by atoms with Crippen molar-refractivity contribution in [1.29, 1.82) is 0 Å². The van der Waals surface area contributed by atoms with Gasteiger partial charge in [-0.05, 0) is 6.92 Å². The lowest BCUT2D eigenvalue weighted by molar-refractivity contribution is 0.463. The lowest BCUT2D eigenvalue weighted by Crippen LogP contribution is -2.29. The fraction of sp³-hybridized carbons (Fsp3) is 0.600. The molecule has 0 spiro atoms. The molecule has 13 heavy (non-hydrogen) atoms. The van der Waals surface area contributed by atoms with E-state index in [9.17, 15) is 16.8 Å². The minimum atomic E-state index is -4.54. The smallest absolute Gasteiger partial charge is 0.272 e. The van der Waals surface area contributed by atoms with Gasteiger partial charge in [-0.15, -0.1) is 0 Å². The molecule has 0 aliphatic heterocycles. The first-order chi connectivity index (χ1) is 5.54. The first kappa shape index (κ1) is 12.6. The normalized spacial score (nSPS) is 15.3. The summed E-state index contributed by atoms with van der Waals surface area (Å²) in [5.41, 5.74) is -0.0554. The van der Waals surface area contributed by atoms with Crippen molar-refractivity contribution >= 4 is 20.2 Å². The first-order valence-corrected chi connectivity index (χ1v) is 6.22. The van der Waals surface area contributed by atoms with E-state index in [2.05, 4.69) is 6.58 Å². The summed E-state index contributed by atoms with van der Waals surface area (Å²) in [4.78, 5) is 0. The SMILES string of the molecule is C=C(C)C(CS(=O)(=O)O)S(=O)(=O)O. The number of hydrogen-bond acceptors (Lipinski definition) is 4. The summed E-state index contributed by atoms with van der Waals surface area (Å²) in [6.45, 7) is 4.43. The third-order valence-electron chi connectivity index (χ3n) is 1.27. The van der Waals surface area contributed by atoms with E-state index in [-0.39, 0.29) is 5.57 Å². The summed E-state index contributed by atoms with van der Waals surface area (Å²) in [7, 11) is -8.99. The lowest BCUT2D eigenvalue weighted by atomic mass is 10.3. The van der Waals surface area contributed by atoms with Crippen molar-refractivity contribution < 1.29 is 25.9 Å². The van der Waals surface area contributed by atoms with E-state index in [1.165, 1.54) is 6.92 Å². The van der Waals surface area contributed by atoms with Gasteiger partial charge in [-0.3, -0.25) is 9.11 Å². The maximum Gasteiger partial charge on any atom is 0.272 e. The molecule has 0 heterocycles. The molecule has 0 rings (SSSR count). The maximum absolute atomic E-state index is 10.6. The molecule has 0 aliphatic rings. The summed E-state index contributed by atoms with van der Waals surface area (Å²) >= 11 is 0. The van der Waals surface area contributed by atoms with Gasteiger partial charge in [-0.25, -0.2) is 0 Å². The topological polar surface area (TPSA) is 109 Å². The van der Waals surface area contributed by atoms with Crippen molar-refractivity contribution in [1.82, 2.24) is 0 Å². The Labute approximate surface area is 76.8 Å². The molecule has 0 radical (unpaired) electrons. The Hall–Kier alpha value is -0.440. The second-order valence-electron chi connectivity index (χ2n) is 2.60. The third kappa shape index (κ3) is 4.98. The second-order valence-corrected chi connectivity index (χ2v) is 5.69. The zero-order valence-electron chi connectivity index (χ0n) is 6.84. The van der Waals surface area contributed by atoms with Crippen LogP contribution < -0.4 is 0 Å². The van der Waals surface area contributed by atoms with Crippen molar-refractivity contribution in [3.8, 4) is 0 Å². The molecule has 0 aromatic carbocycles. The molecule has 0 saturated carbocycles. The molecule has 0 aliphatic carbocycles. The highest BCUT2D eigenvalue weighted by molar-refractivity contribution is 7.90. The van der Waals surface area contributed by atoms with Gasteiger partial charge in [0.15, 0.2) is 0 Å². The Balaban J connectivity index is 5.00. The summed E-state index contributed by atoms with van der Waals surface area (Å²) in [6.07, 6.45) is 0. The van der Waals surface area contributed by atoms with Gasteiger partial charge in [0.25, 0.3) is 20.2 Å². The van der Waals surface area contributed by atoms with Gasteiger partial charge in [0.05, 0.1) is 5.75 Å². The van der Waals surface area contributed by atoms with E-state index >= 15 is 0 Å². The van der Waals surface area contributed by atoms with Crippen molar-refractivity contribution in [3.05, 3.63) is 12.2 Å². The molecule has 6 nitrogen and oxygen atoms in total. The van der Waals surface area contributed by atoms with E-state index in [4.69, 9.17) is 9.11 Å². The highest BCUT2D eigenvalue weighted by atomic mass is 32.2. The minimum absolute atomic E-state index is 0.0554. The molecule has 1 atom stereocenters. The predicted molar refractivity (Wildman–Crippen MR) is 46.6 cm³/mol. The van der Waals surface area contributed by atoms with Gasteiger partial charge >= 0.3 is 0 Å². The van der Waals surface area contributed by atoms with E-state index < -0.39 is 31.2 Å². The van der Waals surface area contributed by atoms with Gasteiger partial charge in [-0.1, -0.05) is 12.2 Å². The van der Waals surface area contributed by atoms with E-state index in [0.717, 1.165) is 0 Å². The molecular weight excluding hydrogens is 220 g/mol. The van der Waals surface area contributed by atoms with Crippen LogP contribution in [0.3, 0.4) is 0 Å². The van der Waals surface area contributed by atoms with Crippen molar-refractivity contribution in [3.63, 3.8) is 0 Å². The quantitative estimate of drug-likeness (QED) is 0.507. The average Bonchev–Trinajstić information content (AvgIpc) is 1.77. The lowest BCUT2D eigenvalue weighted by Gasteiger charge is -2.10. The summed E-state index contributed by atoms with van der Waals surface area (Å²) < 4.78 is 58.7. The Morgan fingerprint density at radius 2 is 1.69 bits per heavy atom. The van der Waals surface area contributed by atoms with E-state index in [0.29, 0.717) is 0 Å². The van der Waals surface area contributed by atoms with Crippen LogP contribution in [0.1, 0.15) is 6.92 Å². The van der Waals surface area contributed by atoms with Crippen LogP contribution in [-0.2, 0) is 20.2 Å². The molecule has 78 valence electrons. The van der Waals surface area contributed by atoms with Gasteiger partial charge in [-0.2, -0.15) is 16.8 Å². The Bertz CT molecular complexity index is 389. The highest BCUT2D eigenvalue weighted by Crippen LogP contribution is 2.10. The molecule has 0 aromatic rings. The van der Waals surface area contributed by atoms with Gasteiger partial charge < -0.3 is 0 Å². The molecule has 2 N–H and O–H groups in total. The molecule has 0 amide bonds. The molecule has 1 unspecified atom stereocenters. The van der Waals surface area contributed by atoms with Crippen LogP contribution in [0.5, 0.6) is 0 Å². The standard InChI is InChI=1S/C5H10O6S2/c1-4(2)5(13(9,10)11)3-12(6,7)8/h5H,1,3H2,2H3,(H,6,7,8)(H,9,10,11). The highest BCUT2D eigenvalue weighted by Gasteiger charge is 2.28. The van der Waals surface area contributed by atoms with Crippen LogP contribution in [0.2, 0.25) is 0 Å². The van der Waals surface area contributed by atoms with E-state index in [1.807, 2.05) is 0 Å². The Kier molecular flexibility index (Phi) is 3.62.